The summed E-state index contributed by atoms with van der Waals surface area (Å²) in [6, 6.07) is 15.2. The average Bonchev–Trinajstić information content (AvgIpc) is 3.49. The smallest absolute Gasteiger partial charge is 0.292 e. The third kappa shape index (κ3) is 4.83. The molecule has 0 bridgehead atoms. The van der Waals surface area contributed by atoms with Crippen molar-refractivity contribution in [2.75, 3.05) is 13.1 Å². The minimum absolute atomic E-state index is 0.00132. The van der Waals surface area contributed by atoms with Crippen LogP contribution in [0.1, 0.15) is 46.5 Å². The van der Waals surface area contributed by atoms with Crippen LogP contribution in [0.3, 0.4) is 0 Å². The van der Waals surface area contributed by atoms with Crippen LogP contribution in [0.25, 0.3) is 11.3 Å². The average molecular weight is 466 g/mol. The van der Waals surface area contributed by atoms with Crippen LogP contribution in [0, 0.1) is 5.82 Å². The molecule has 1 unspecified atom stereocenters. The molecule has 168 valence electrons. The van der Waals surface area contributed by atoms with Gasteiger partial charge in [-0.05, 0) is 42.7 Å². The number of likely N-dealkylation sites (tertiary alicyclic amines) is 1. The SMILES string of the molecule is O=C(c1cc(-c2cccc(F)c2)no1)N1CCCC(c2ncc(Cc3cccc(Cl)c3)o2)C1. The largest absolute Gasteiger partial charge is 0.445 e. The molecule has 3 heterocycles. The van der Waals surface area contributed by atoms with E-state index in [-0.39, 0.29) is 23.4 Å². The summed E-state index contributed by atoms with van der Waals surface area (Å²) in [5, 5.41) is 4.62. The van der Waals surface area contributed by atoms with E-state index in [0.717, 1.165) is 24.2 Å². The monoisotopic (exact) mass is 465 g/mol. The zero-order chi connectivity index (χ0) is 22.8. The van der Waals surface area contributed by atoms with E-state index in [0.29, 0.717) is 41.7 Å². The van der Waals surface area contributed by atoms with Gasteiger partial charge in [-0.3, -0.25) is 4.79 Å². The van der Waals surface area contributed by atoms with Crippen molar-refractivity contribution in [3.05, 3.63) is 94.6 Å². The molecule has 1 saturated heterocycles. The topological polar surface area (TPSA) is 72.4 Å². The van der Waals surface area contributed by atoms with E-state index in [2.05, 4.69) is 10.1 Å². The van der Waals surface area contributed by atoms with E-state index in [1.807, 2.05) is 24.3 Å². The predicted octanol–water partition coefficient (Wildman–Crippen LogP) is 5.73. The van der Waals surface area contributed by atoms with Crippen molar-refractivity contribution in [2.45, 2.75) is 25.2 Å². The number of rotatable bonds is 5. The lowest BCUT2D eigenvalue weighted by molar-refractivity contribution is 0.0656. The van der Waals surface area contributed by atoms with E-state index in [1.54, 1.807) is 29.3 Å². The molecule has 2 aromatic carbocycles. The van der Waals surface area contributed by atoms with Gasteiger partial charge >= 0.3 is 0 Å². The molecule has 1 aliphatic heterocycles. The van der Waals surface area contributed by atoms with Crippen LogP contribution in [0.5, 0.6) is 0 Å². The van der Waals surface area contributed by atoms with Crippen LogP contribution >= 0.6 is 11.6 Å². The molecule has 0 aliphatic carbocycles. The Morgan fingerprint density at radius 1 is 1.18 bits per heavy atom. The van der Waals surface area contributed by atoms with E-state index in [4.69, 9.17) is 20.5 Å². The highest BCUT2D eigenvalue weighted by Crippen LogP contribution is 2.29. The van der Waals surface area contributed by atoms with Gasteiger partial charge in [-0.25, -0.2) is 9.37 Å². The standard InChI is InChI=1S/C25H21ClFN3O3/c26-19-7-1-4-16(10-19)11-21-14-28-24(32-21)18-6-3-9-30(15-18)25(31)23-13-22(29-33-23)17-5-2-8-20(27)12-17/h1-2,4-5,7-8,10,12-14,18H,3,6,9,11,15H2. The van der Waals surface area contributed by atoms with E-state index in [1.165, 1.54) is 12.1 Å². The van der Waals surface area contributed by atoms with Crippen molar-refractivity contribution in [2.24, 2.45) is 0 Å². The number of nitrogens with zero attached hydrogens (tertiary/aromatic N) is 3. The fourth-order valence-electron chi connectivity index (χ4n) is 4.12. The molecule has 4 aromatic rings. The van der Waals surface area contributed by atoms with Crippen molar-refractivity contribution >= 4 is 17.5 Å². The molecule has 1 atom stereocenters. The molecule has 8 heteroatoms. The van der Waals surface area contributed by atoms with Crippen LogP contribution in [0.4, 0.5) is 4.39 Å². The van der Waals surface area contributed by atoms with Gasteiger partial charge in [-0.2, -0.15) is 0 Å². The van der Waals surface area contributed by atoms with Crippen molar-refractivity contribution in [1.82, 2.24) is 15.0 Å². The van der Waals surface area contributed by atoms with Gasteiger partial charge in [0.15, 0.2) is 5.89 Å². The molecule has 0 radical (unpaired) electrons. The van der Waals surface area contributed by atoms with Gasteiger partial charge in [-0.1, -0.05) is 41.0 Å². The summed E-state index contributed by atoms with van der Waals surface area (Å²) in [4.78, 5) is 19.2. The molecule has 33 heavy (non-hydrogen) atoms. The lowest BCUT2D eigenvalue weighted by Gasteiger charge is -2.30. The summed E-state index contributed by atoms with van der Waals surface area (Å²) >= 11 is 6.06. The quantitative estimate of drug-likeness (QED) is 0.376. The van der Waals surface area contributed by atoms with Crippen LogP contribution < -0.4 is 0 Å². The molecule has 1 fully saturated rings. The maximum Gasteiger partial charge on any atom is 0.292 e. The van der Waals surface area contributed by atoms with Gasteiger partial charge in [0, 0.05) is 36.2 Å². The number of carbonyl (C=O) groups is 1. The van der Waals surface area contributed by atoms with Crippen molar-refractivity contribution in [3.63, 3.8) is 0 Å². The number of benzene rings is 2. The molecular weight excluding hydrogens is 445 g/mol. The molecular formula is C25H21ClFN3O3. The van der Waals surface area contributed by atoms with E-state index >= 15 is 0 Å². The normalized spacial score (nSPS) is 16.2. The number of hydrogen-bond donors (Lipinski definition) is 0. The van der Waals surface area contributed by atoms with Gasteiger partial charge < -0.3 is 13.8 Å². The highest BCUT2D eigenvalue weighted by atomic mass is 35.5. The summed E-state index contributed by atoms with van der Waals surface area (Å²) in [6.45, 7) is 1.09. The van der Waals surface area contributed by atoms with Crippen molar-refractivity contribution in [3.8, 4) is 11.3 Å². The van der Waals surface area contributed by atoms with E-state index < -0.39 is 0 Å². The molecule has 1 amide bonds. The first-order valence-corrected chi connectivity index (χ1v) is 11.1. The molecule has 2 aromatic heterocycles. The molecule has 0 N–H and O–H groups in total. The maximum atomic E-state index is 13.5. The maximum absolute atomic E-state index is 13.5. The Morgan fingerprint density at radius 2 is 2.06 bits per heavy atom. The third-order valence-electron chi connectivity index (χ3n) is 5.74. The molecule has 0 saturated carbocycles. The Morgan fingerprint density at radius 3 is 2.91 bits per heavy atom. The summed E-state index contributed by atoms with van der Waals surface area (Å²) < 4.78 is 24.8. The Kier molecular flexibility index (Phi) is 5.96. The fourth-order valence-corrected chi connectivity index (χ4v) is 4.33. The Bertz CT molecular complexity index is 1290. The van der Waals surface area contributed by atoms with Crippen molar-refractivity contribution in [1.29, 1.82) is 0 Å². The Balaban J connectivity index is 1.26. The number of piperidine rings is 1. The second-order valence-corrected chi connectivity index (χ2v) is 8.59. The number of hydrogen-bond acceptors (Lipinski definition) is 5. The lowest BCUT2D eigenvalue weighted by atomic mass is 9.98. The van der Waals surface area contributed by atoms with Crippen LogP contribution in [-0.4, -0.2) is 34.0 Å². The van der Waals surface area contributed by atoms with Crippen LogP contribution in [0.15, 0.2) is 69.7 Å². The number of amides is 1. The van der Waals surface area contributed by atoms with Gasteiger partial charge in [0.25, 0.3) is 5.91 Å². The second-order valence-electron chi connectivity index (χ2n) is 8.15. The van der Waals surface area contributed by atoms with Crippen molar-refractivity contribution < 1.29 is 18.1 Å². The minimum Gasteiger partial charge on any atom is -0.445 e. The first-order valence-electron chi connectivity index (χ1n) is 10.8. The van der Waals surface area contributed by atoms with Gasteiger partial charge in [0.2, 0.25) is 5.76 Å². The Labute approximate surface area is 195 Å². The zero-order valence-electron chi connectivity index (χ0n) is 17.7. The first-order chi connectivity index (χ1) is 16.0. The van der Waals surface area contributed by atoms with Gasteiger partial charge in [-0.15, -0.1) is 0 Å². The second kappa shape index (κ2) is 9.19. The summed E-state index contributed by atoms with van der Waals surface area (Å²) in [7, 11) is 0. The highest BCUT2D eigenvalue weighted by molar-refractivity contribution is 6.30. The third-order valence-corrected chi connectivity index (χ3v) is 5.97. The van der Waals surface area contributed by atoms with Gasteiger partial charge in [0.1, 0.15) is 17.3 Å². The first kappa shape index (κ1) is 21.4. The summed E-state index contributed by atoms with van der Waals surface area (Å²) in [5.74, 6) is 0.891. The predicted molar refractivity (Wildman–Crippen MR) is 121 cm³/mol. The molecule has 1 aliphatic rings. The number of carbonyl (C=O) groups excluding carboxylic acids is 1. The number of aromatic nitrogens is 2. The molecule has 5 rings (SSSR count). The Hall–Kier alpha value is -3.45. The number of oxazole rings is 1. The van der Waals surface area contributed by atoms with Crippen LogP contribution in [0.2, 0.25) is 5.02 Å². The summed E-state index contributed by atoms with van der Waals surface area (Å²) in [5.41, 5.74) is 2.02. The zero-order valence-corrected chi connectivity index (χ0v) is 18.5. The highest BCUT2D eigenvalue weighted by Gasteiger charge is 2.30. The minimum atomic E-state index is -0.372. The fraction of sp³-hybridized carbons (Fsp3) is 0.240. The van der Waals surface area contributed by atoms with Crippen LogP contribution in [-0.2, 0) is 6.42 Å². The van der Waals surface area contributed by atoms with E-state index in [9.17, 15) is 9.18 Å². The lowest BCUT2D eigenvalue weighted by Crippen LogP contribution is -2.39. The summed E-state index contributed by atoms with van der Waals surface area (Å²) in [6.07, 6.45) is 4.04. The van der Waals surface area contributed by atoms with Gasteiger partial charge in [0.05, 0.1) is 12.1 Å². The molecule has 0 spiro atoms. The molecule has 6 nitrogen and oxygen atoms in total. The number of halogens is 2.